The largest absolute Gasteiger partial charge is 0.375 e. The third-order valence-electron chi connectivity index (χ3n) is 2.31. The summed E-state index contributed by atoms with van der Waals surface area (Å²) >= 11 is 0. The molecule has 62 valence electrons. The highest BCUT2D eigenvalue weighted by molar-refractivity contribution is 5.14. The number of terminal acetylenes is 1. The van der Waals surface area contributed by atoms with Gasteiger partial charge in [-0.2, -0.15) is 0 Å². The van der Waals surface area contributed by atoms with E-state index in [0.29, 0.717) is 6.42 Å². The highest BCUT2D eigenvalue weighted by atomic mass is 16.5. The van der Waals surface area contributed by atoms with E-state index in [2.05, 4.69) is 5.92 Å². The van der Waals surface area contributed by atoms with Crippen LogP contribution in [0.15, 0.2) is 0 Å². The molecule has 0 bridgehead atoms. The molecule has 0 radical (unpaired) electrons. The van der Waals surface area contributed by atoms with Gasteiger partial charge in [-0.15, -0.1) is 6.42 Å². The summed E-state index contributed by atoms with van der Waals surface area (Å²) in [6, 6.07) is 0. The van der Waals surface area contributed by atoms with Gasteiger partial charge in [0.1, 0.15) is 0 Å². The van der Waals surface area contributed by atoms with Gasteiger partial charge >= 0.3 is 0 Å². The first-order valence-corrected chi connectivity index (χ1v) is 3.98. The number of hydrogen-bond acceptors (Lipinski definition) is 2. The fraction of sp³-hybridized carbons (Fsp3) is 0.778. The smallest absolute Gasteiger partial charge is 0.153 e. The van der Waals surface area contributed by atoms with E-state index in [0.717, 1.165) is 6.42 Å². The number of rotatable bonds is 1. The van der Waals surface area contributed by atoms with Crippen LogP contribution >= 0.6 is 0 Å². The molecule has 2 heteroatoms. The third kappa shape index (κ3) is 1.40. The molecule has 1 heterocycles. The van der Waals surface area contributed by atoms with Crippen LogP contribution in [0.25, 0.3) is 0 Å². The van der Waals surface area contributed by atoms with E-state index in [1.165, 1.54) is 0 Å². The molecule has 0 aromatic rings. The maximum Gasteiger partial charge on any atom is 0.153 e. The molecule has 1 saturated heterocycles. The van der Waals surface area contributed by atoms with Gasteiger partial charge in [0.2, 0.25) is 0 Å². The highest BCUT2D eigenvalue weighted by Gasteiger charge is 2.42. The van der Waals surface area contributed by atoms with Gasteiger partial charge in [0.05, 0.1) is 12.2 Å². The zero-order valence-electron chi connectivity index (χ0n) is 7.00. The van der Waals surface area contributed by atoms with Crippen LogP contribution in [-0.2, 0) is 4.74 Å². The molecule has 0 amide bonds. The van der Waals surface area contributed by atoms with E-state index in [1.54, 1.807) is 0 Å². The first kappa shape index (κ1) is 8.58. The molecule has 1 N–H and O–H groups in total. The minimum absolute atomic E-state index is 0.131. The molecule has 0 saturated carbocycles. The third-order valence-corrected chi connectivity index (χ3v) is 2.31. The summed E-state index contributed by atoms with van der Waals surface area (Å²) in [5.41, 5.74) is -1.03. The molecule has 0 aromatic carbocycles. The number of ether oxygens (including phenoxy) is 1. The lowest BCUT2D eigenvalue weighted by atomic mass is 9.95. The van der Waals surface area contributed by atoms with Crippen LogP contribution < -0.4 is 0 Å². The SMILES string of the molecule is C#CC1(O)C[C@@H](CC)O[C@H]1C. The van der Waals surface area contributed by atoms with Crippen molar-refractivity contribution >= 4 is 0 Å². The lowest BCUT2D eigenvalue weighted by Gasteiger charge is -2.17. The first-order chi connectivity index (χ1) is 5.12. The average molecular weight is 154 g/mol. The van der Waals surface area contributed by atoms with E-state index in [4.69, 9.17) is 11.2 Å². The van der Waals surface area contributed by atoms with Crippen molar-refractivity contribution < 1.29 is 9.84 Å². The summed E-state index contributed by atoms with van der Waals surface area (Å²) in [5.74, 6) is 2.38. The Morgan fingerprint density at radius 3 is 2.73 bits per heavy atom. The summed E-state index contributed by atoms with van der Waals surface area (Å²) in [5, 5.41) is 9.71. The Kier molecular flexibility index (Phi) is 2.22. The quantitative estimate of drug-likeness (QED) is 0.569. The van der Waals surface area contributed by atoms with Crippen LogP contribution in [0.1, 0.15) is 26.7 Å². The normalized spacial score (nSPS) is 43.8. The first-order valence-electron chi connectivity index (χ1n) is 3.98. The second kappa shape index (κ2) is 2.84. The lowest BCUT2D eigenvalue weighted by molar-refractivity contribution is -0.00554. The molecule has 1 aliphatic heterocycles. The summed E-state index contributed by atoms with van der Waals surface area (Å²) in [6.07, 6.45) is 6.58. The molecule has 2 nitrogen and oxygen atoms in total. The number of aliphatic hydroxyl groups is 1. The molecule has 0 aliphatic carbocycles. The van der Waals surface area contributed by atoms with Gasteiger partial charge in [-0.25, -0.2) is 0 Å². The summed E-state index contributed by atoms with van der Waals surface area (Å²) < 4.78 is 5.42. The van der Waals surface area contributed by atoms with Crippen molar-refractivity contribution in [3.63, 3.8) is 0 Å². The van der Waals surface area contributed by atoms with E-state index in [1.807, 2.05) is 13.8 Å². The second-order valence-electron chi connectivity index (χ2n) is 3.08. The molecule has 0 aromatic heterocycles. The van der Waals surface area contributed by atoms with Crippen LogP contribution in [0.2, 0.25) is 0 Å². The molecular formula is C9H14O2. The highest BCUT2D eigenvalue weighted by Crippen LogP contribution is 2.31. The standard InChI is InChI=1S/C9H14O2/c1-4-8-6-9(10,5-2)7(3)11-8/h2,7-8,10H,4,6H2,1,3H3/t7-,8+,9?/m0/s1. The monoisotopic (exact) mass is 154 g/mol. The maximum absolute atomic E-state index is 9.71. The minimum Gasteiger partial charge on any atom is -0.375 e. The van der Waals surface area contributed by atoms with Crippen molar-refractivity contribution in [2.45, 2.75) is 44.5 Å². The number of hydrogen-bond donors (Lipinski definition) is 1. The summed E-state index contributed by atoms with van der Waals surface area (Å²) in [6.45, 7) is 3.84. The minimum atomic E-state index is -1.03. The Bertz CT molecular complexity index is 182. The van der Waals surface area contributed by atoms with Crippen molar-refractivity contribution in [3.8, 4) is 12.3 Å². The molecule has 1 rings (SSSR count). The van der Waals surface area contributed by atoms with Crippen LogP contribution in [0.3, 0.4) is 0 Å². The molecule has 1 unspecified atom stereocenters. The van der Waals surface area contributed by atoms with Crippen LogP contribution in [0.4, 0.5) is 0 Å². The average Bonchev–Trinajstić information content (AvgIpc) is 2.29. The molecule has 0 spiro atoms. The van der Waals surface area contributed by atoms with Crippen LogP contribution in [0.5, 0.6) is 0 Å². The van der Waals surface area contributed by atoms with Gasteiger partial charge in [-0.1, -0.05) is 12.8 Å². The second-order valence-corrected chi connectivity index (χ2v) is 3.08. The van der Waals surface area contributed by atoms with E-state index in [-0.39, 0.29) is 12.2 Å². The van der Waals surface area contributed by atoms with E-state index < -0.39 is 5.60 Å². The van der Waals surface area contributed by atoms with Crippen molar-refractivity contribution in [3.05, 3.63) is 0 Å². The maximum atomic E-state index is 9.71. The van der Waals surface area contributed by atoms with Gasteiger partial charge in [-0.05, 0) is 13.3 Å². The Morgan fingerprint density at radius 2 is 2.45 bits per heavy atom. The van der Waals surface area contributed by atoms with Crippen molar-refractivity contribution in [1.82, 2.24) is 0 Å². The zero-order chi connectivity index (χ0) is 8.48. The van der Waals surface area contributed by atoms with Gasteiger partial charge in [-0.3, -0.25) is 0 Å². The molecule has 11 heavy (non-hydrogen) atoms. The van der Waals surface area contributed by atoms with Crippen LogP contribution in [-0.4, -0.2) is 22.9 Å². The predicted octanol–water partition coefficient (Wildman–Crippen LogP) is 0.938. The Hall–Kier alpha value is -0.520. The van der Waals surface area contributed by atoms with E-state index in [9.17, 15) is 5.11 Å². The molecule has 1 aliphatic rings. The molecule has 3 atom stereocenters. The molecular weight excluding hydrogens is 140 g/mol. The lowest BCUT2D eigenvalue weighted by Crippen LogP contribution is -2.33. The summed E-state index contributed by atoms with van der Waals surface area (Å²) in [4.78, 5) is 0. The van der Waals surface area contributed by atoms with Crippen LogP contribution in [0, 0.1) is 12.3 Å². The van der Waals surface area contributed by atoms with Gasteiger partial charge < -0.3 is 9.84 Å². The predicted molar refractivity (Wildman–Crippen MR) is 43.0 cm³/mol. The topological polar surface area (TPSA) is 29.5 Å². The Labute approximate surface area is 67.6 Å². The van der Waals surface area contributed by atoms with Crippen molar-refractivity contribution in [2.24, 2.45) is 0 Å². The van der Waals surface area contributed by atoms with Crippen molar-refractivity contribution in [1.29, 1.82) is 0 Å². The van der Waals surface area contributed by atoms with Gasteiger partial charge in [0, 0.05) is 6.42 Å². The Balaban J connectivity index is 2.67. The fourth-order valence-electron chi connectivity index (χ4n) is 1.38. The zero-order valence-corrected chi connectivity index (χ0v) is 7.00. The van der Waals surface area contributed by atoms with Crippen molar-refractivity contribution in [2.75, 3.05) is 0 Å². The van der Waals surface area contributed by atoms with Gasteiger partial charge in [0.15, 0.2) is 5.60 Å². The molecule has 1 fully saturated rings. The van der Waals surface area contributed by atoms with E-state index >= 15 is 0 Å². The summed E-state index contributed by atoms with van der Waals surface area (Å²) in [7, 11) is 0. The Morgan fingerprint density at radius 1 is 1.82 bits per heavy atom. The van der Waals surface area contributed by atoms with Gasteiger partial charge in [0.25, 0.3) is 0 Å². The fourth-order valence-corrected chi connectivity index (χ4v) is 1.38.